The van der Waals surface area contributed by atoms with Crippen molar-refractivity contribution in [3.05, 3.63) is 65.9 Å². The van der Waals surface area contributed by atoms with E-state index in [0.717, 1.165) is 22.4 Å². The molecule has 24 heavy (non-hydrogen) atoms. The highest BCUT2D eigenvalue weighted by Crippen LogP contribution is 2.28. The first-order chi connectivity index (χ1) is 11.7. The molecule has 1 amide bonds. The van der Waals surface area contributed by atoms with E-state index in [4.69, 9.17) is 11.8 Å². The molecule has 5 heteroatoms. The van der Waals surface area contributed by atoms with Crippen molar-refractivity contribution in [1.82, 2.24) is 9.95 Å². The van der Waals surface area contributed by atoms with Gasteiger partial charge in [0, 0.05) is 34.8 Å². The Morgan fingerprint density at radius 1 is 1.21 bits per heavy atom. The van der Waals surface area contributed by atoms with Crippen molar-refractivity contribution in [3.63, 3.8) is 0 Å². The minimum Gasteiger partial charge on any atom is -0.322 e. The number of halogens is 1. The third-order valence-corrected chi connectivity index (χ3v) is 3.84. The first kappa shape index (κ1) is 16.1. The number of anilines is 1. The lowest BCUT2D eigenvalue weighted by atomic mass is 10.0. The summed E-state index contributed by atoms with van der Waals surface area (Å²) < 4.78 is 1.33. The highest BCUT2D eigenvalue weighted by Gasteiger charge is 2.19. The lowest BCUT2D eigenvalue weighted by Crippen LogP contribution is -2.21. The van der Waals surface area contributed by atoms with Gasteiger partial charge in [0.25, 0.3) is 5.91 Å². The van der Waals surface area contributed by atoms with Crippen LogP contribution < -0.4 is 10.7 Å². The van der Waals surface area contributed by atoms with E-state index in [1.54, 1.807) is 6.20 Å². The molecular weight excluding hydrogens is 322 g/mol. The molecule has 1 heterocycles. The molecule has 1 aliphatic rings. The summed E-state index contributed by atoms with van der Waals surface area (Å²) in [5, 5.41) is 2.95. The Hall–Kier alpha value is -2.74. The minimum atomic E-state index is -0.174. The highest BCUT2D eigenvalue weighted by molar-refractivity contribution is 6.14. The maximum Gasteiger partial charge on any atom is 0.254 e. The molecule has 0 spiro atoms. The van der Waals surface area contributed by atoms with Gasteiger partial charge in [-0.1, -0.05) is 36.3 Å². The van der Waals surface area contributed by atoms with Gasteiger partial charge in [-0.25, -0.2) is 0 Å². The second-order valence-electron chi connectivity index (χ2n) is 5.27. The van der Waals surface area contributed by atoms with Gasteiger partial charge >= 0.3 is 0 Å². The van der Waals surface area contributed by atoms with Crippen LogP contribution in [0.3, 0.4) is 0 Å². The summed E-state index contributed by atoms with van der Waals surface area (Å²) in [7, 11) is 0. The van der Waals surface area contributed by atoms with Crippen LogP contribution >= 0.6 is 11.8 Å². The van der Waals surface area contributed by atoms with Crippen molar-refractivity contribution in [3.8, 4) is 23.0 Å². The molecular formula is C19H16ClN3O. The standard InChI is InChI=1S/C19H16ClN3O/c1-2-5-14-8-10-15(11-9-14)17-6-3-4-7-18(17)22-19(24)16-12-21-23(20)13-16/h3-4,6-12,21H,13H2,1H3,(H,22,24). The Bertz CT molecular complexity index is 847. The summed E-state index contributed by atoms with van der Waals surface area (Å²) in [6, 6.07) is 15.6. The van der Waals surface area contributed by atoms with Crippen molar-refractivity contribution in [2.24, 2.45) is 0 Å². The zero-order chi connectivity index (χ0) is 16.9. The number of carbonyl (C=O) groups is 1. The topological polar surface area (TPSA) is 44.4 Å². The molecule has 0 unspecified atom stereocenters. The van der Waals surface area contributed by atoms with Crippen molar-refractivity contribution in [2.75, 3.05) is 11.9 Å². The van der Waals surface area contributed by atoms with E-state index in [0.29, 0.717) is 12.1 Å². The van der Waals surface area contributed by atoms with Crippen molar-refractivity contribution < 1.29 is 4.79 Å². The molecule has 2 N–H and O–H groups in total. The zero-order valence-corrected chi connectivity index (χ0v) is 13.9. The number of nitrogens with zero attached hydrogens (tertiary/aromatic N) is 1. The molecule has 4 nitrogen and oxygen atoms in total. The van der Waals surface area contributed by atoms with Crippen LogP contribution in [0.25, 0.3) is 11.1 Å². The number of rotatable bonds is 3. The summed E-state index contributed by atoms with van der Waals surface area (Å²) in [4.78, 5) is 12.4. The molecule has 0 saturated carbocycles. The first-order valence-electron chi connectivity index (χ1n) is 7.49. The SMILES string of the molecule is CC#Cc1ccc(-c2ccccc2NC(=O)C2=CNN(Cl)C2)cc1. The molecule has 0 atom stereocenters. The maximum absolute atomic E-state index is 12.4. The maximum atomic E-state index is 12.4. The van der Waals surface area contributed by atoms with E-state index in [-0.39, 0.29) is 5.91 Å². The normalized spacial score (nSPS) is 13.5. The van der Waals surface area contributed by atoms with E-state index in [2.05, 4.69) is 22.6 Å². The summed E-state index contributed by atoms with van der Waals surface area (Å²) in [5.41, 5.74) is 7.03. The number of para-hydroxylation sites is 1. The smallest absolute Gasteiger partial charge is 0.254 e. The quantitative estimate of drug-likeness (QED) is 0.665. The molecule has 3 rings (SSSR count). The van der Waals surface area contributed by atoms with Crippen LogP contribution in [0, 0.1) is 11.8 Å². The zero-order valence-electron chi connectivity index (χ0n) is 13.1. The van der Waals surface area contributed by atoms with E-state index in [9.17, 15) is 4.79 Å². The molecule has 2 aromatic carbocycles. The van der Waals surface area contributed by atoms with Gasteiger partial charge in [0.15, 0.2) is 0 Å². The fourth-order valence-electron chi connectivity index (χ4n) is 2.45. The summed E-state index contributed by atoms with van der Waals surface area (Å²) in [5.74, 6) is 5.73. The van der Waals surface area contributed by atoms with Crippen molar-refractivity contribution in [2.45, 2.75) is 6.92 Å². The van der Waals surface area contributed by atoms with E-state index >= 15 is 0 Å². The van der Waals surface area contributed by atoms with Crippen LogP contribution in [0.1, 0.15) is 12.5 Å². The molecule has 0 aromatic heterocycles. The fourth-order valence-corrected chi connectivity index (χ4v) is 2.63. The van der Waals surface area contributed by atoms with E-state index in [1.807, 2.05) is 55.5 Å². The third kappa shape index (κ3) is 3.60. The van der Waals surface area contributed by atoms with Gasteiger partial charge in [0.1, 0.15) is 0 Å². The summed E-state index contributed by atoms with van der Waals surface area (Å²) in [6.45, 7) is 2.16. The third-order valence-electron chi connectivity index (χ3n) is 3.62. The van der Waals surface area contributed by atoms with Gasteiger partial charge in [-0.2, -0.15) is 0 Å². The minimum absolute atomic E-state index is 0.174. The van der Waals surface area contributed by atoms with Gasteiger partial charge in [-0.3, -0.25) is 4.79 Å². The van der Waals surface area contributed by atoms with E-state index < -0.39 is 0 Å². The number of hydrazine groups is 1. The monoisotopic (exact) mass is 337 g/mol. The number of carbonyl (C=O) groups excluding carboxylic acids is 1. The van der Waals surface area contributed by atoms with Gasteiger partial charge < -0.3 is 10.7 Å². The number of amides is 1. The van der Waals surface area contributed by atoms with Gasteiger partial charge in [-0.05, 0) is 30.7 Å². The fraction of sp³-hybridized carbons (Fsp3) is 0.105. The molecule has 0 bridgehead atoms. The van der Waals surface area contributed by atoms with Gasteiger partial charge in [-0.15, -0.1) is 10.4 Å². The molecule has 1 aliphatic heterocycles. The van der Waals surface area contributed by atoms with Crippen LogP contribution in [0.5, 0.6) is 0 Å². The van der Waals surface area contributed by atoms with E-state index in [1.165, 1.54) is 4.53 Å². The van der Waals surface area contributed by atoms with Gasteiger partial charge in [0.2, 0.25) is 0 Å². The molecule has 0 fully saturated rings. The molecule has 0 radical (unpaired) electrons. The van der Waals surface area contributed by atoms with Crippen LogP contribution in [-0.2, 0) is 4.79 Å². The van der Waals surface area contributed by atoms with Crippen LogP contribution in [0.2, 0.25) is 0 Å². The highest BCUT2D eigenvalue weighted by atomic mass is 35.5. The lowest BCUT2D eigenvalue weighted by Gasteiger charge is -2.12. The number of benzene rings is 2. The van der Waals surface area contributed by atoms with Crippen LogP contribution in [-0.4, -0.2) is 17.0 Å². The number of hydrogen-bond donors (Lipinski definition) is 2. The molecule has 0 saturated heterocycles. The van der Waals surface area contributed by atoms with Crippen molar-refractivity contribution in [1.29, 1.82) is 0 Å². The van der Waals surface area contributed by atoms with Gasteiger partial charge in [0.05, 0.1) is 12.1 Å². The summed E-state index contributed by atoms with van der Waals surface area (Å²) in [6.07, 6.45) is 1.60. The molecule has 2 aromatic rings. The van der Waals surface area contributed by atoms with Crippen LogP contribution in [0.15, 0.2) is 60.3 Å². The second-order valence-corrected chi connectivity index (χ2v) is 5.68. The number of nitrogens with one attached hydrogen (secondary N) is 2. The predicted molar refractivity (Wildman–Crippen MR) is 96.8 cm³/mol. The largest absolute Gasteiger partial charge is 0.322 e. The Morgan fingerprint density at radius 3 is 2.62 bits per heavy atom. The average Bonchev–Trinajstić information content (AvgIpc) is 3.03. The lowest BCUT2D eigenvalue weighted by molar-refractivity contribution is -0.112. The Morgan fingerprint density at radius 2 is 1.96 bits per heavy atom. The second kappa shape index (κ2) is 7.22. The molecule has 120 valence electrons. The number of hydrogen-bond acceptors (Lipinski definition) is 3. The Balaban J connectivity index is 1.85. The van der Waals surface area contributed by atoms with Crippen LogP contribution in [0.4, 0.5) is 5.69 Å². The Kier molecular flexibility index (Phi) is 4.85. The average molecular weight is 338 g/mol. The predicted octanol–water partition coefficient (Wildman–Crippen LogP) is 3.52. The van der Waals surface area contributed by atoms with Crippen molar-refractivity contribution >= 4 is 23.4 Å². The summed E-state index contributed by atoms with van der Waals surface area (Å²) >= 11 is 5.80. The Labute approximate surface area is 146 Å². The first-order valence-corrected chi connectivity index (χ1v) is 7.83. The molecule has 0 aliphatic carbocycles.